The summed E-state index contributed by atoms with van der Waals surface area (Å²) in [5, 5.41) is 5.06. The summed E-state index contributed by atoms with van der Waals surface area (Å²) in [6, 6.07) is 7.45. The van der Waals surface area contributed by atoms with E-state index in [9.17, 15) is 18.4 Å². The lowest BCUT2D eigenvalue weighted by Gasteiger charge is -2.15. The van der Waals surface area contributed by atoms with E-state index in [2.05, 4.69) is 10.1 Å². The molecule has 31 heavy (non-hydrogen) atoms. The maximum Gasteiger partial charge on any atom is 0.267 e. The molecule has 154 valence electrons. The molecule has 5 rings (SSSR count). The van der Waals surface area contributed by atoms with Crippen LogP contribution in [0, 0.1) is 18.6 Å². The molecule has 2 amide bonds. The molecule has 2 aromatic carbocycles. The van der Waals surface area contributed by atoms with Crippen LogP contribution in [0.4, 0.5) is 14.5 Å². The molecular weight excluding hydrogens is 449 g/mol. The summed E-state index contributed by atoms with van der Waals surface area (Å²) in [5.41, 5.74) is 0.819. The number of rotatable bonds is 2. The highest BCUT2D eigenvalue weighted by atomic mass is 35.5. The number of carbonyl (C=O) groups excluding carboxylic acids is 2. The number of halogens is 4. The fraction of sp³-hybridized carbons (Fsp3) is 0.0476. The maximum absolute atomic E-state index is 14.4. The molecule has 3 heterocycles. The number of anilines is 1. The van der Waals surface area contributed by atoms with E-state index in [0.29, 0.717) is 16.1 Å². The minimum Gasteiger partial charge on any atom is -0.268 e. The molecule has 2 aromatic heterocycles. The molecule has 0 atom stereocenters. The first-order valence-electron chi connectivity index (χ1n) is 8.95. The van der Waals surface area contributed by atoms with Crippen molar-refractivity contribution in [1.29, 1.82) is 0 Å². The van der Waals surface area contributed by atoms with Gasteiger partial charge in [-0.15, -0.1) is 0 Å². The van der Waals surface area contributed by atoms with E-state index in [1.54, 1.807) is 6.92 Å². The van der Waals surface area contributed by atoms with Crippen molar-refractivity contribution in [2.45, 2.75) is 6.92 Å². The lowest BCUT2D eigenvalue weighted by Crippen LogP contribution is -2.29. The number of hydrogen-bond donors (Lipinski definition) is 0. The number of amides is 2. The number of benzene rings is 2. The number of pyridine rings is 1. The van der Waals surface area contributed by atoms with Gasteiger partial charge in [0.2, 0.25) is 0 Å². The summed E-state index contributed by atoms with van der Waals surface area (Å²) in [6.07, 6.45) is 1.24. The summed E-state index contributed by atoms with van der Waals surface area (Å²) in [4.78, 5) is 31.5. The van der Waals surface area contributed by atoms with Gasteiger partial charge in [-0.3, -0.25) is 9.59 Å². The molecule has 0 fully saturated rings. The highest BCUT2D eigenvalue weighted by molar-refractivity contribution is 6.42. The van der Waals surface area contributed by atoms with Crippen LogP contribution >= 0.6 is 23.2 Å². The van der Waals surface area contributed by atoms with E-state index in [4.69, 9.17) is 23.2 Å². The van der Waals surface area contributed by atoms with Gasteiger partial charge < -0.3 is 0 Å². The molecule has 10 heteroatoms. The van der Waals surface area contributed by atoms with Gasteiger partial charge in [0.15, 0.2) is 11.5 Å². The van der Waals surface area contributed by atoms with Gasteiger partial charge in [-0.2, -0.15) is 5.10 Å². The Kier molecular flexibility index (Phi) is 4.32. The molecule has 4 aromatic rings. The molecule has 0 unspecified atom stereocenters. The Balaban J connectivity index is 1.73. The van der Waals surface area contributed by atoms with E-state index in [0.717, 1.165) is 17.0 Å². The lowest BCUT2D eigenvalue weighted by atomic mass is 10.1. The van der Waals surface area contributed by atoms with Gasteiger partial charge in [-0.05, 0) is 37.3 Å². The third kappa shape index (κ3) is 2.83. The summed E-state index contributed by atoms with van der Waals surface area (Å²) in [6.45, 7) is 1.61. The Hall–Kier alpha value is -3.36. The van der Waals surface area contributed by atoms with Crippen LogP contribution in [0.25, 0.3) is 16.7 Å². The van der Waals surface area contributed by atoms with Gasteiger partial charge in [0.05, 0.1) is 32.9 Å². The van der Waals surface area contributed by atoms with Crippen molar-refractivity contribution in [3.05, 3.63) is 81.1 Å². The van der Waals surface area contributed by atoms with E-state index in [1.165, 1.54) is 35.1 Å². The average Bonchev–Trinajstić information content (AvgIpc) is 3.17. The molecule has 1 aliphatic rings. The number of fused-ring (bicyclic) bond motifs is 3. The molecular formula is C21H10Cl2F2N4O2. The van der Waals surface area contributed by atoms with E-state index < -0.39 is 23.4 Å². The predicted octanol–water partition coefficient (Wildman–Crippen LogP) is 5.11. The van der Waals surface area contributed by atoms with Crippen LogP contribution in [0.15, 0.2) is 42.6 Å². The van der Waals surface area contributed by atoms with Crippen LogP contribution in [0.1, 0.15) is 26.4 Å². The summed E-state index contributed by atoms with van der Waals surface area (Å²) in [7, 11) is 0. The molecule has 0 saturated carbocycles. The topological polar surface area (TPSA) is 68.1 Å². The van der Waals surface area contributed by atoms with Crippen molar-refractivity contribution in [3.63, 3.8) is 0 Å². The lowest BCUT2D eigenvalue weighted by molar-refractivity contribution is 0.0926. The second kappa shape index (κ2) is 6.83. The average molecular weight is 459 g/mol. The van der Waals surface area contributed by atoms with Gasteiger partial charge in [0.25, 0.3) is 11.8 Å². The van der Waals surface area contributed by atoms with Gasteiger partial charge in [-0.1, -0.05) is 23.2 Å². The van der Waals surface area contributed by atoms with Crippen molar-refractivity contribution < 1.29 is 18.4 Å². The first kappa shape index (κ1) is 19.6. The van der Waals surface area contributed by atoms with E-state index >= 15 is 0 Å². The van der Waals surface area contributed by atoms with Crippen molar-refractivity contribution >= 4 is 51.7 Å². The number of imide groups is 1. The third-order valence-electron chi connectivity index (χ3n) is 5.01. The van der Waals surface area contributed by atoms with Crippen molar-refractivity contribution in [2.24, 2.45) is 0 Å². The maximum atomic E-state index is 14.4. The minimum absolute atomic E-state index is 0.0404. The molecule has 0 saturated heterocycles. The summed E-state index contributed by atoms with van der Waals surface area (Å²) < 4.78 is 28.9. The monoisotopic (exact) mass is 458 g/mol. The zero-order valence-corrected chi connectivity index (χ0v) is 17.2. The fourth-order valence-corrected chi connectivity index (χ4v) is 4.16. The Morgan fingerprint density at radius 2 is 1.71 bits per heavy atom. The van der Waals surface area contributed by atoms with Crippen LogP contribution in [-0.2, 0) is 0 Å². The first-order chi connectivity index (χ1) is 14.8. The number of aryl methyl sites for hydroxylation is 1. The number of nitrogens with zero attached hydrogens (tertiary/aromatic N) is 4. The van der Waals surface area contributed by atoms with Crippen LogP contribution in [-0.4, -0.2) is 26.6 Å². The minimum atomic E-state index is -0.844. The van der Waals surface area contributed by atoms with E-state index in [-0.39, 0.29) is 33.2 Å². The highest BCUT2D eigenvalue weighted by Gasteiger charge is 2.40. The van der Waals surface area contributed by atoms with Crippen molar-refractivity contribution in [3.8, 4) is 5.69 Å². The summed E-state index contributed by atoms with van der Waals surface area (Å²) in [5.74, 6) is -2.79. The molecule has 6 nitrogen and oxygen atoms in total. The Morgan fingerprint density at radius 1 is 0.968 bits per heavy atom. The fourth-order valence-electron chi connectivity index (χ4n) is 3.66. The SMILES string of the molecule is Cc1nn(-c2ccc(F)cc2F)c2ncc3c(c12)C(=O)N(c1ccc(Cl)cc1Cl)C3=O. The Labute approximate surface area is 183 Å². The van der Waals surface area contributed by atoms with Crippen LogP contribution in [0.3, 0.4) is 0 Å². The van der Waals surface area contributed by atoms with Gasteiger partial charge in [0, 0.05) is 17.3 Å². The second-order valence-corrected chi connectivity index (χ2v) is 7.72. The first-order valence-corrected chi connectivity index (χ1v) is 9.71. The molecule has 0 spiro atoms. The van der Waals surface area contributed by atoms with Crippen LogP contribution < -0.4 is 4.90 Å². The molecule has 0 radical (unpaired) electrons. The quantitative estimate of drug-likeness (QED) is 0.391. The second-order valence-electron chi connectivity index (χ2n) is 6.88. The zero-order chi connectivity index (χ0) is 22.0. The van der Waals surface area contributed by atoms with Gasteiger partial charge in [-0.25, -0.2) is 23.3 Å². The third-order valence-corrected chi connectivity index (χ3v) is 5.55. The van der Waals surface area contributed by atoms with Gasteiger partial charge >= 0.3 is 0 Å². The molecule has 1 aliphatic heterocycles. The molecule has 0 N–H and O–H groups in total. The Morgan fingerprint density at radius 3 is 2.42 bits per heavy atom. The van der Waals surface area contributed by atoms with Crippen LogP contribution in [0.2, 0.25) is 10.0 Å². The smallest absolute Gasteiger partial charge is 0.267 e. The predicted molar refractivity (Wildman–Crippen MR) is 111 cm³/mol. The standard InChI is InChI=1S/C21H10Cl2F2N4O2/c1-9-17-18-12(20(30)28(21(18)31)15-4-2-10(22)6-13(15)23)8-26-19(17)29(27-9)16-5-3-11(24)7-14(16)25/h2-8H,1H3. The van der Waals surface area contributed by atoms with E-state index in [1.807, 2.05) is 0 Å². The van der Waals surface area contributed by atoms with Crippen LogP contribution in [0.5, 0.6) is 0 Å². The summed E-state index contributed by atoms with van der Waals surface area (Å²) >= 11 is 12.1. The van der Waals surface area contributed by atoms with Crippen molar-refractivity contribution in [2.75, 3.05) is 4.90 Å². The van der Waals surface area contributed by atoms with Gasteiger partial charge in [0.1, 0.15) is 11.5 Å². The Bertz CT molecular complexity index is 1450. The zero-order valence-electron chi connectivity index (χ0n) is 15.7. The number of hydrogen-bond acceptors (Lipinski definition) is 4. The molecule has 0 aliphatic carbocycles. The number of aromatic nitrogens is 3. The largest absolute Gasteiger partial charge is 0.268 e. The number of carbonyl (C=O) groups is 2. The van der Waals surface area contributed by atoms with Crippen molar-refractivity contribution in [1.82, 2.24) is 14.8 Å². The highest BCUT2D eigenvalue weighted by Crippen LogP contribution is 2.38. The molecule has 0 bridgehead atoms. The normalized spacial score (nSPS) is 13.4.